The van der Waals surface area contributed by atoms with E-state index in [1.165, 1.54) is 97.6 Å². The van der Waals surface area contributed by atoms with Crippen LogP contribution in [0.2, 0.25) is 0 Å². The van der Waals surface area contributed by atoms with Crippen molar-refractivity contribution in [3.63, 3.8) is 0 Å². The Hall–Kier alpha value is -3.52. The summed E-state index contributed by atoms with van der Waals surface area (Å²) >= 11 is 0. The number of unbranched alkanes of at least 4 members (excludes halogenated alkanes) is 2. The fourth-order valence-electron chi connectivity index (χ4n) is 8.46. The molecule has 0 saturated heterocycles. The van der Waals surface area contributed by atoms with Gasteiger partial charge in [0.2, 0.25) is 0 Å². The van der Waals surface area contributed by atoms with Gasteiger partial charge in [-0.15, -0.1) is 0 Å². The van der Waals surface area contributed by atoms with E-state index < -0.39 is 0 Å². The van der Waals surface area contributed by atoms with E-state index >= 15 is 0 Å². The first-order valence-corrected chi connectivity index (χ1v) is 19.5. The largest absolute Gasteiger partial charge is 0.497 e. The quantitative estimate of drug-likeness (QED) is 0.0941. The third kappa shape index (κ3) is 8.99. The molecule has 1 aliphatic carbocycles. The van der Waals surface area contributed by atoms with Crippen molar-refractivity contribution in [2.75, 3.05) is 14.2 Å². The van der Waals surface area contributed by atoms with Crippen molar-refractivity contribution in [1.29, 1.82) is 0 Å². The molecule has 0 saturated carbocycles. The molecule has 0 heterocycles. The predicted molar refractivity (Wildman–Crippen MR) is 209 cm³/mol. The first-order valence-electron chi connectivity index (χ1n) is 19.5. The van der Waals surface area contributed by atoms with E-state index in [-0.39, 0.29) is 5.41 Å². The molecule has 2 heteroatoms. The molecule has 49 heavy (non-hydrogen) atoms. The summed E-state index contributed by atoms with van der Waals surface area (Å²) < 4.78 is 10.8. The van der Waals surface area contributed by atoms with Crippen LogP contribution in [0.4, 0.5) is 0 Å². The molecule has 0 aromatic heterocycles. The molecule has 2 nitrogen and oxygen atoms in total. The maximum Gasteiger partial charge on any atom is 0.118 e. The van der Waals surface area contributed by atoms with Crippen LogP contribution in [0.3, 0.4) is 0 Å². The summed E-state index contributed by atoms with van der Waals surface area (Å²) in [4.78, 5) is 0. The highest BCUT2D eigenvalue weighted by Crippen LogP contribution is 2.56. The molecule has 2 atom stereocenters. The Morgan fingerprint density at radius 3 is 1.20 bits per heavy atom. The number of fused-ring (bicyclic) bond motifs is 3. The summed E-state index contributed by atoms with van der Waals surface area (Å²) in [5, 5.41) is 0. The van der Waals surface area contributed by atoms with E-state index in [1.54, 1.807) is 25.3 Å². The van der Waals surface area contributed by atoms with Gasteiger partial charge < -0.3 is 9.47 Å². The third-order valence-corrected chi connectivity index (χ3v) is 11.6. The van der Waals surface area contributed by atoms with E-state index in [4.69, 9.17) is 9.47 Å². The molecule has 4 aromatic carbocycles. The smallest absolute Gasteiger partial charge is 0.118 e. The van der Waals surface area contributed by atoms with Crippen molar-refractivity contribution in [2.24, 2.45) is 11.8 Å². The summed E-state index contributed by atoms with van der Waals surface area (Å²) in [6.45, 7) is 9.58. The number of rotatable bonds is 20. The molecule has 0 fully saturated rings. The number of hydrogen-bond donors (Lipinski definition) is 0. The van der Waals surface area contributed by atoms with Gasteiger partial charge in [-0.2, -0.15) is 0 Å². The van der Waals surface area contributed by atoms with Crippen LogP contribution in [-0.4, -0.2) is 14.2 Å². The minimum atomic E-state index is 0.0553. The Morgan fingerprint density at radius 2 is 0.857 bits per heavy atom. The summed E-state index contributed by atoms with van der Waals surface area (Å²) in [5.41, 5.74) is 11.9. The van der Waals surface area contributed by atoms with Crippen LogP contribution < -0.4 is 9.47 Å². The summed E-state index contributed by atoms with van der Waals surface area (Å²) in [5.74, 6) is 3.31. The monoisotopic (exact) mass is 658 g/mol. The second-order valence-electron chi connectivity index (χ2n) is 14.8. The topological polar surface area (TPSA) is 18.5 Å². The first kappa shape index (κ1) is 36.8. The molecular weight excluding hydrogens is 597 g/mol. The van der Waals surface area contributed by atoms with Crippen molar-refractivity contribution >= 4 is 0 Å². The highest BCUT2D eigenvalue weighted by atomic mass is 16.5. The van der Waals surface area contributed by atoms with E-state index in [2.05, 4.69) is 113 Å². The Bertz CT molecular complexity index is 1460. The second-order valence-corrected chi connectivity index (χ2v) is 14.8. The number of ether oxygens (including phenoxy) is 2. The lowest BCUT2D eigenvalue weighted by Gasteiger charge is -2.39. The van der Waals surface area contributed by atoms with Gasteiger partial charge in [0.05, 0.1) is 14.2 Å². The van der Waals surface area contributed by atoms with Gasteiger partial charge in [0.25, 0.3) is 0 Å². The van der Waals surface area contributed by atoms with Gasteiger partial charge >= 0.3 is 0 Å². The molecule has 0 aliphatic heterocycles. The average Bonchev–Trinajstić information content (AvgIpc) is 3.41. The molecule has 1 aliphatic rings. The maximum absolute atomic E-state index is 5.42. The van der Waals surface area contributed by atoms with Gasteiger partial charge in [0, 0.05) is 5.41 Å². The molecule has 0 spiro atoms. The van der Waals surface area contributed by atoms with Crippen LogP contribution in [-0.2, 0) is 31.1 Å². The van der Waals surface area contributed by atoms with Crippen LogP contribution in [0.25, 0.3) is 11.1 Å². The number of methoxy groups -OCH3 is 2. The Morgan fingerprint density at radius 1 is 0.490 bits per heavy atom. The van der Waals surface area contributed by atoms with Crippen molar-refractivity contribution in [1.82, 2.24) is 0 Å². The van der Waals surface area contributed by atoms with Crippen molar-refractivity contribution < 1.29 is 9.47 Å². The summed E-state index contributed by atoms with van der Waals surface area (Å²) in [6, 6.07) is 32.3. The molecule has 4 aromatic rings. The third-order valence-electron chi connectivity index (χ3n) is 11.6. The normalized spacial score (nSPS) is 14.2. The van der Waals surface area contributed by atoms with Crippen molar-refractivity contribution in [3.05, 3.63) is 118 Å². The van der Waals surface area contributed by atoms with E-state index in [0.29, 0.717) is 0 Å². The van der Waals surface area contributed by atoms with Crippen LogP contribution in [0.5, 0.6) is 11.5 Å². The summed E-state index contributed by atoms with van der Waals surface area (Å²) in [7, 11) is 3.48. The highest BCUT2D eigenvalue weighted by Gasteiger charge is 2.45. The van der Waals surface area contributed by atoms with Crippen molar-refractivity contribution in [3.8, 4) is 22.6 Å². The Labute approximate surface area is 298 Å². The predicted octanol–water partition coefficient (Wildman–Crippen LogP) is 12.8. The highest BCUT2D eigenvalue weighted by molar-refractivity contribution is 5.82. The van der Waals surface area contributed by atoms with Gasteiger partial charge in [-0.25, -0.2) is 0 Å². The number of hydrogen-bond acceptors (Lipinski definition) is 2. The lowest BCUT2D eigenvalue weighted by molar-refractivity contribution is 0.266. The van der Waals surface area contributed by atoms with Crippen LogP contribution in [0.15, 0.2) is 84.9 Å². The Balaban J connectivity index is 1.55. The molecule has 0 amide bonds. The average molecular weight is 659 g/mol. The fraction of sp³-hybridized carbons (Fsp3) is 0.489. The van der Waals surface area contributed by atoms with Gasteiger partial charge in [0.1, 0.15) is 11.5 Å². The zero-order valence-corrected chi connectivity index (χ0v) is 31.5. The van der Waals surface area contributed by atoms with Gasteiger partial charge in [-0.05, 0) is 119 Å². The molecular formula is C47H62O2. The standard InChI is InChI=1S/C47H62O2/c1-7-11-13-35(9-3)33-47(34-36(10-4)14-12-8-2)45-31-39(17-15-37-19-25-41(48-5)26-20-37)23-29-43(45)44-30-24-40(32-46(44)47)18-16-38-21-27-42(49-6)28-22-38/h19-32,35-36H,7-18,33-34H2,1-6H3. The molecule has 0 N–H and O–H groups in total. The molecule has 262 valence electrons. The lowest BCUT2D eigenvalue weighted by atomic mass is 9.64. The van der Waals surface area contributed by atoms with Crippen molar-refractivity contribution in [2.45, 2.75) is 123 Å². The maximum atomic E-state index is 5.42. The van der Waals surface area contributed by atoms with Crippen LogP contribution in [0, 0.1) is 11.8 Å². The Kier molecular flexibility index (Phi) is 13.4. The number of aryl methyl sites for hydroxylation is 4. The van der Waals surface area contributed by atoms with Crippen LogP contribution in [0.1, 0.15) is 125 Å². The van der Waals surface area contributed by atoms with E-state index in [1.807, 2.05) is 0 Å². The van der Waals surface area contributed by atoms with Gasteiger partial charge in [-0.3, -0.25) is 0 Å². The minimum Gasteiger partial charge on any atom is -0.497 e. The zero-order chi connectivity index (χ0) is 34.6. The first-order chi connectivity index (χ1) is 24.0. The second kappa shape index (κ2) is 17.9. The van der Waals surface area contributed by atoms with Gasteiger partial charge in [-0.1, -0.05) is 140 Å². The molecule has 0 radical (unpaired) electrons. The lowest BCUT2D eigenvalue weighted by Crippen LogP contribution is -2.32. The zero-order valence-electron chi connectivity index (χ0n) is 31.5. The van der Waals surface area contributed by atoms with E-state index in [9.17, 15) is 0 Å². The molecule has 2 unspecified atom stereocenters. The van der Waals surface area contributed by atoms with Crippen LogP contribution >= 0.6 is 0 Å². The summed E-state index contributed by atoms with van der Waals surface area (Å²) in [6.07, 6.45) is 17.1. The minimum absolute atomic E-state index is 0.0553. The fourth-order valence-corrected chi connectivity index (χ4v) is 8.46. The van der Waals surface area contributed by atoms with Gasteiger partial charge in [0.15, 0.2) is 0 Å². The number of benzene rings is 4. The van der Waals surface area contributed by atoms with E-state index in [0.717, 1.165) is 49.0 Å². The molecule has 0 bridgehead atoms. The SMILES string of the molecule is CCCCC(CC)CC1(CC(CC)CCCC)c2cc(CCc3ccc(OC)cc3)ccc2-c2ccc(CCc3ccc(OC)cc3)cc21. The molecule has 5 rings (SSSR count).